The van der Waals surface area contributed by atoms with Gasteiger partial charge in [-0.05, 0) is 51.1 Å². The van der Waals surface area contributed by atoms with Crippen LogP contribution in [0.15, 0.2) is 28.7 Å². The molecular weight excluding hydrogens is 292 g/mol. The Hall–Kier alpha value is -0.870. The molecule has 1 aromatic rings. The van der Waals surface area contributed by atoms with Gasteiger partial charge in [0.25, 0.3) is 5.91 Å². The molecule has 0 aliphatic carbocycles. The average Bonchev–Trinajstić information content (AvgIpc) is 2.89. The number of amides is 1. The maximum Gasteiger partial charge on any atom is 0.251 e. The lowest BCUT2D eigenvalue weighted by atomic mass is 10.2. The van der Waals surface area contributed by atoms with Crippen LogP contribution in [0, 0.1) is 0 Å². The maximum absolute atomic E-state index is 12.0. The summed E-state index contributed by atoms with van der Waals surface area (Å²) in [6.07, 6.45) is 2.56. The SMILES string of the molecule is C[C@@H](CNC(=O)c1cccc(Br)c1)N1CCCC1. The van der Waals surface area contributed by atoms with Crippen LogP contribution in [0.5, 0.6) is 0 Å². The first-order valence-corrected chi connectivity index (χ1v) is 7.24. The molecule has 1 saturated heterocycles. The van der Waals surface area contributed by atoms with Crippen LogP contribution < -0.4 is 5.32 Å². The fourth-order valence-corrected chi connectivity index (χ4v) is 2.68. The summed E-state index contributed by atoms with van der Waals surface area (Å²) in [6.45, 7) is 5.21. The second kappa shape index (κ2) is 6.34. The molecule has 0 unspecified atom stereocenters. The molecular formula is C14H19BrN2O. The summed E-state index contributed by atoms with van der Waals surface area (Å²) >= 11 is 3.38. The number of carbonyl (C=O) groups is 1. The van der Waals surface area contributed by atoms with Crippen molar-refractivity contribution in [1.82, 2.24) is 10.2 Å². The Morgan fingerprint density at radius 3 is 2.83 bits per heavy atom. The molecule has 1 amide bonds. The Morgan fingerprint density at radius 2 is 2.17 bits per heavy atom. The molecule has 0 bridgehead atoms. The zero-order valence-corrected chi connectivity index (χ0v) is 12.2. The molecule has 1 fully saturated rings. The number of rotatable bonds is 4. The largest absolute Gasteiger partial charge is 0.350 e. The fraction of sp³-hybridized carbons (Fsp3) is 0.500. The molecule has 18 heavy (non-hydrogen) atoms. The maximum atomic E-state index is 12.0. The molecule has 0 aromatic heterocycles. The monoisotopic (exact) mass is 310 g/mol. The summed E-state index contributed by atoms with van der Waals surface area (Å²) in [5.41, 5.74) is 0.706. The van der Waals surface area contributed by atoms with Crippen LogP contribution in [0.3, 0.4) is 0 Å². The van der Waals surface area contributed by atoms with Crippen LogP contribution in [0.1, 0.15) is 30.1 Å². The van der Waals surface area contributed by atoms with E-state index >= 15 is 0 Å². The number of hydrogen-bond donors (Lipinski definition) is 1. The van der Waals surface area contributed by atoms with E-state index in [0.29, 0.717) is 18.2 Å². The molecule has 1 N–H and O–H groups in total. The lowest BCUT2D eigenvalue weighted by molar-refractivity contribution is 0.0940. The minimum Gasteiger partial charge on any atom is -0.350 e. The van der Waals surface area contributed by atoms with E-state index in [2.05, 4.69) is 33.1 Å². The molecule has 98 valence electrons. The first-order valence-electron chi connectivity index (χ1n) is 6.44. The van der Waals surface area contributed by atoms with Crippen molar-refractivity contribution < 1.29 is 4.79 Å². The minimum absolute atomic E-state index is 0.00217. The number of hydrogen-bond acceptors (Lipinski definition) is 2. The van der Waals surface area contributed by atoms with Gasteiger partial charge in [-0.2, -0.15) is 0 Å². The second-order valence-corrected chi connectivity index (χ2v) is 5.73. The number of nitrogens with one attached hydrogen (secondary N) is 1. The van der Waals surface area contributed by atoms with Crippen molar-refractivity contribution in [2.75, 3.05) is 19.6 Å². The van der Waals surface area contributed by atoms with Crippen LogP contribution >= 0.6 is 15.9 Å². The van der Waals surface area contributed by atoms with Gasteiger partial charge in [0, 0.05) is 22.6 Å². The van der Waals surface area contributed by atoms with E-state index in [4.69, 9.17) is 0 Å². The van der Waals surface area contributed by atoms with Gasteiger partial charge in [0.15, 0.2) is 0 Å². The molecule has 0 saturated carbocycles. The Labute approximate surface area is 117 Å². The molecule has 1 aliphatic heterocycles. The summed E-state index contributed by atoms with van der Waals surface area (Å²) in [4.78, 5) is 14.4. The van der Waals surface area contributed by atoms with E-state index < -0.39 is 0 Å². The standard InChI is InChI=1S/C14H19BrN2O/c1-11(17-7-2-3-8-17)10-16-14(18)12-5-4-6-13(15)9-12/h4-6,9,11H,2-3,7-8,10H2,1H3,(H,16,18)/t11-/m0/s1. The van der Waals surface area contributed by atoms with Crippen molar-refractivity contribution in [2.45, 2.75) is 25.8 Å². The van der Waals surface area contributed by atoms with E-state index in [1.54, 1.807) is 0 Å². The van der Waals surface area contributed by atoms with Gasteiger partial charge in [-0.25, -0.2) is 0 Å². The lowest BCUT2D eigenvalue weighted by Crippen LogP contribution is -2.40. The molecule has 1 aliphatic rings. The highest BCUT2D eigenvalue weighted by molar-refractivity contribution is 9.10. The average molecular weight is 311 g/mol. The third-order valence-electron chi connectivity index (χ3n) is 3.41. The van der Waals surface area contributed by atoms with Gasteiger partial charge in [0.1, 0.15) is 0 Å². The van der Waals surface area contributed by atoms with Gasteiger partial charge in [-0.15, -0.1) is 0 Å². The number of nitrogens with zero attached hydrogens (tertiary/aromatic N) is 1. The Kier molecular flexibility index (Phi) is 4.78. The van der Waals surface area contributed by atoms with Gasteiger partial charge < -0.3 is 5.32 Å². The van der Waals surface area contributed by atoms with Crippen LogP contribution in [-0.4, -0.2) is 36.5 Å². The third-order valence-corrected chi connectivity index (χ3v) is 3.90. The third kappa shape index (κ3) is 3.56. The van der Waals surface area contributed by atoms with Crippen molar-refractivity contribution in [2.24, 2.45) is 0 Å². The normalized spacial score (nSPS) is 17.7. The van der Waals surface area contributed by atoms with E-state index in [1.807, 2.05) is 24.3 Å². The molecule has 0 radical (unpaired) electrons. The lowest BCUT2D eigenvalue weighted by Gasteiger charge is -2.23. The van der Waals surface area contributed by atoms with E-state index in [-0.39, 0.29) is 5.91 Å². The van der Waals surface area contributed by atoms with Crippen LogP contribution in [0.4, 0.5) is 0 Å². The van der Waals surface area contributed by atoms with Gasteiger partial charge in [0.2, 0.25) is 0 Å². The molecule has 3 nitrogen and oxygen atoms in total. The molecule has 0 spiro atoms. The first kappa shape index (κ1) is 13.6. The quantitative estimate of drug-likeness (QED) is 0.927. The number of likely N-dealkylation sites (tertiary alicyclic amines) is 1. The van der Waals surface area contributed by atoms with Crippen LogP contribution in [-0.2, 0) is 0 Å². The van der Waals surface area contributed by atoms with Crippen molar-refractivity contribution in [1.29, 1.82) is 0 Å². The highest BCUT2D eigenvalue weighted by Gasteiger charge is 2.18. The van der Waals surface area contributed by atoms with Crippen molar-refractivity contribution in [3.8, 4) is 0 Å². The van der Waals surface area contributed by atoms with Gasteiger partial charge >= 0.3 is 0 Å². The predicted molar refractivity (Wildman–Crippen MR) is 76.7 cm³/mol. The highest BCUT2D eigenvalue weighted by Crippen LogP contribution is 2.12. The summed E-state index contributed by atoms with van der Waals surface area (Å²) in [6, 6.07) is 7.90. The molecule has 1 heterocycles. The summed E-state index contributed by atoms with van der Waals surface area (Å²) in [7, 11) is 0. The van der Waals surface area contributed by atoms with E-state index in [9.17, 15) is 4.79 Å². The van der Waals surface area contributed by atoms with Crippen molar-refractivity contribution in [3.63, 3.8) is 0 Å². The zero-order chi connectivity index (χ0) is 13.0. The van der Waals surface area contributed by atoms with Crippen molar-refractivity contribution in [3.05, 3.63) is 34.3 Å². The van der Waals surface area contributed by atoms with E-state index in [1.165, 1.54) is 12.8 Å². The zero-order valence-electron chi connectivity index (χ0n) is 10.7. The summed E-state index contributed by atoms with van der Waals surface area (Å²) in [5.74, 6) is 0.00217. The predicted octanol–water partition coefficient (Wildman–Crippen LogP) is 2.66. The number of benzene rings is 1. The Morgan fingerprint density at radius 1 is 1.44 bits per heavy atom. The van der Waals surface area contributed by atoms with Crippen LogP contribution in [0.2, 0.25) is 0 Å². The highest BCUT2D eigenvalue weighted by atomic mass is 79.9. The number of carbonyl (C=O) groups excluding carboxylic acids is 1. The molecule has 4 heteroatoms. The smallest absolute Gasteiger partial charge is 0.251 e. The van der Waals surface area contributed by atoms with Crippen LogP contribution in [0.25, 0.3) is 0 Å². The second-order valence-electron chi connectivity index (χ2n) is 4.81. The fourth-order valence-electron chi connectivity index (χ4n) is 2.28. The van der Waals surface area contributed by atoms with Crippen molar-refractivity contribution >= 4 is 21.8 Å². The topological polar surface area (TPSA) is 32.3 Å². The Bertz CT molecular complexity index is 416. The summed E-state index contributed by atoms with van der Waals surface area (Å²) in [5, 5.41) is 3.00. The Balaban J connectivity index is 1.84. The van der Waals surface area contributed by atoms with Gasteiger partial charge in [-0.1, -0.05) is 22.0 Å². The summed E-state index contributed by atoms with van der Waals surface area (Å²) < 4.78 is 0.933. The van der Waals surface area contributed by atoms with Gasteiger partial charge in [-0.3, -0.25) is 9.69 Å². The van der Waals surface area contributed by atoms with Gasteiger partial charge in [0.05, 0.1) is 0 Å². The van der Waals surface area contributed by atoms with E-state index in [0.717, 1.165) is 17.6 Å². The molecule has 1 atom stereocenters. The molecule has 1 aromatic carbocycles. The minimum atomic E-state index is 0.00217. The number of halogens is 1. The first-order chi connectivity index (χ1) is 8.66. The molecule has 2 rings (SSSR count).